The molecule has 6 nitrogen and oxygen atoms in total. The number of hydrogen-bond donors (Lipinski definition) is 0. The highest BCUT2D eigenvalue weighted by molar-refractivity contribution is 6.01. The average Bonchev–Trinajstić information content (AvgIpc) is 3.08. The van der Waals surface area contributed by atoms with Crippen LogP contribution >= 0.6 is 0 Å². The van der Waals surface area contributed by atoms with E-state index < -0.39 is 0 Å². The second-order valence-corrected chi connectivity index (χ2v) is 8.75. The lowest BCUT2D eigenvalue weighted by atomic mass is 9.96. The molecular weight excluding hydrogens is 430 g/mol. The molecule has 0 unspecified atom stereocenters. The molecule has 1 fully saturated rings. The van der Waals surface area contributed by atoms with Gasteiger partial charge in [0.15, 0.2) is 11.5 Å². The third kappa shape index (κ3) is 4.49. The van der Waals surface area contributed by atoms with Crippen LogP contribution in [0.5, 0.6) is 17.2 Å². The lowest BCUT2D eigenvalue weighted by molar-refractivity contribution is -0.125. The van der Waals surface area contributed by atoms with E-state index in [0.717, 1.165) is 70.5 Å². The van der Waals surface area contributed by atoms with Crippen LogP contribution in [-0.4, -0.2) is 45.2 Å². The van der Waals surface area contributed by atoms with Gasteiger partial charge in [0.05, 0.1) is 27.6 Å². The summed E-state index contributed by atoms with van der Waals surface area (Å²) in [7, 11) is 4.90. The maximum atomic E-state index is 13.0. The molecule has 1 aromatic heterocycles. The second kappa shape index (κ2) is 10.2. The predicted molar refractivity (Wildman–Crippen MR) is 135 cm³/mol. The van der Waals surface area contributed by atoms with Gasteiger partial charge < -0.3 is 23.5 Å². The van der Waals surface area contributed by atoms with Crippen molar-refractivity contribution >= 4 is 22.4 Å². The first kappa shape index (κ1) is 23.7. The number of likely N-dealkylation sites (tertiary alicyclic amines) is 1. The number of ether oxygens (including phenoxy) is 3. The maximum absolute atomic E-state index is 13.0. The van der Waals surface area contributed by atoms with Crippen molar-refractivity contribution in [3.63, 3.8) is 0 Å². The van der Waals surface area contributed by atoms with E-state index in [2.05, 4.69) is 6.07 Å². The molecule has 2 aromatic carbocycles. The zero-order valence-electron chi connectivity index (χ0n) is 20.7. The fraction of sp³-hybridized carbons (Fsp3) is 0.393. The van der Waals surface area contributed by atoms with Gasteiger partial charge >= 0.3 is 0 Å². The quantitative estimate of drug-likeness (QED) is 0.405. The van der Waals surface area contributed by atoms with E-state index in [1.165, 1.54) is 12.8 Å². The molecule has 180 valence electrons. The number of carbonyl (C=O) groups is 1. The summed E-state index contributed by atoms with van der Waals surface area (Å²) < 4.78 is 22.6. The van der Waals surface area contributed by atoms with E-state index in [4.69, 9.17) is 18.6 Å². The Morgan fingerprint density at radius 3 is 2.32 bits per heavy atom. The maximum Gasteiger partial charge on any atom is 0.246 e. The normalized spacial score (nSPS) is 14.7. The van der Waals surface area contributed by atoms with Crippen LogP contribution in [0.4, 0.5) is 0 Å². The number of rotatable bonds is 6. The smallest absolute Gasteiger partial charge is 0.246 e. The molecule has 0 bridgehead atoms. The van der Waals surface area contributed by atoms with Crippen LogP contribution in [0.15, 0.2) is 41.0 Å². The highest BCUT2D eigenvalue weighted by Gasteiger charge is 2.20. The summed E-state index contributed by atoms with van der Waals surface area (Å²) in [4.78, 5) is 15.0. The summed E-state index contributed by atoms with van der Waals surface area (Å²) in [6, 6.07) is 7.86. The molecule has 0 atom stereocenters. The fourth-order valence-corrected chi connectivity index (χ4v) is 4.74. The van der Waals surface area contributed by atoms with Gasteiger partial charge in [0.1, 0.15) is 11.3 Å². The molecule has 0 N–H and O–H groups in total. The molecular formula is C28H33NO5. The zero-order chi connectivity index (χ0) is 24.2. The number of allylic oxidation sites excluding steroid dienone is 1. The Kier molecular flexibility index (Phi) is 7.15. The van der Waals surface area contributed by atoms with E-state index in [1.807, 2.05) is 36.9 Å². The number of carbonyl (C=O) groups excluding carboxylic acids is 1. The Labute approximate surface area is 201 Å². The largest absolute Gasteiger partial charge is 0.496 e. The van der Waals surface area contributed by atoms with E-state index >= 15 is 0 Å². The first-order chi connectivity index (χ1) is 16.5. The molecule has 2 heterocycles. The number of methoxy groups -OCH3 is 3. The highest BCUT2D eigenvalue weighted by Crippen LogP contribution is 2.42. The third-order valence-corrected chi connectivity index (χ3v) is 6.63. The van der Waals surface area contributed by atoms with Crippen LogP contribution in [0.25, 0.3) is 27.7 Å². The Balaban J connectivity index is 1.79. The van der Waals surface area contributed by atoms with Crippen molar-refractivity contribution in [2.24, 2.45) is 0 Å². The number of hydrogen-bond acceptors (Lipinski definition) is 5. The summed E-state index contributed by atoms with van der Waals surface area (Å²) >= 11 is 0. The summed E-state index contributed by atoms with van der Waals surface area (Å²) in [6.45, 7) is 5.59. The topological polar surface area (TPSA) is 61.1 Å². The number of amides is 1. The number of benzene rings is 2. The molecule has 0 radical (unpaired) electrons. The van der Waals surface area contributed by atoms with Crippen molar-refractivity contribution in [3.8, 4) is 28.4 Å². The molecule has 0 aliphatic carbocycles. The lowest BCUT2D eigenvalue weighted by Crippen LogP contribution is -2.30. The first-order valence-corrected chi connectivity index (χ1v) is 11.8. The fourth-order valence-electron chi connectivity index (χ4n) is 4.74. The van der Waals surface area contributed by atoms with Crippen LogP contribution in [0.1, 0.15) is 43.7 Å². The van der Waals surface area contributed by atoms with E-state index in [9.17, 15) is 4.79 Å². The van der Waals surface area contributed by atoms with Gasteiger partial charge in [-0.2, -0.15) is 0 Å². The Morgan fingerprint density at radius 1 is 0.971 bits per heavy atom. The molecule has 1 aliphatic rings. The number of nitrogens with zero attached hydrogens (tertiary/aromatic N) is 1. The standard InChI is InChI=1S/C28H33NO5/c1-18(14-26(30)29-12-8-6-7-9-13-29)21-16-22-23(17-34-28(22)19(2)27(21)33-5)20-10-11-24(31-3)25(15-20)32-4/h10-11,14-17H,6-9,12-13H2,1-5H3/b18-14+. The van der Waals surface area contributed by atoms with E-state index in [0.29, 0.717) is 11.5 Å². The van der Waals surface area contributed by atoms with Gasteiger partial charge in [0.2, 0.25) is 5.91 Å². The Hall–Kier alpha value is -3.41. The third-order valence-electron chi connectivity index (χ3n) is 6.63. The van der Waals surface area contributed by atoms with E-state index in [1.54, 1.807) is 33.7 Å². The molecule has 0 saturated carbocycles. The monoisotopic (exact) mass is 463 g/mol. The van der Waals surface area contributed by atoms with Crippen molar-refractivity contribution in [1.29, 1.82) is 0 Å². The lowest BCUT2D eigenvalue weighted by Gasteiger charge is -2.19. The van der Waals surface area contributed by atoms with Gasteiger partial charge in [-0.1, -0.05) is 18.9 Å². The predicted octanol–water partition coefficient (Wildman–Crippen LogP) is 6.24. The van der Waals surface area contributed by atoms with Crippen LogP contribution in [0.2, 0.25) is 0 Å². The van der Waals surface area contributed by atoms with Crippen molar-refractivity contribution in [2.75, 3.05) is 34.4 Å². The van der Waals surface area contributed by atoms with Crippen LogP contribution in [-0.2, 0) is 4.79 Å². The summed E-state index contributed by atoms with van der Waals surface area (Å²) in [5.41, 5.74) is 5.31. The molecule has 1 aliphatic heterocycles. The van der Waals surface area contributed by atoms with Gasteiger partial charge in [-0.15, -0.1) is 0 Å². The van der Waals surface area contributed by atoms with Gasteiger partial charge in [0.25, 0.3) is 0 Å². The zero-order valence-corrected chi connectivity index (χ0v) is 20.7. The molecule has 3 aromatic rings. The van der Waals surface area contributed by atoms with Crippen molar-refractivity contribution in [3.05, 3.63) is 47.7 Å². The Morgan fingerprint density at radius 2 is 1.68 bits per heavy atom. The summed E-state index contributed by atoms with van der Waals surface area (Å²) in [6.07, 6.45) is 8.01. The minimum atomic E-state index is 0.0616. The average molecular weight is 464 g/mol. The molecule has 1 saturated heterocycles. The molecule has 4 rings (SSSR count). The molecule has 34 heavy (non-hydrogen) atoms. The van der Waals surface area contributed by atoms with Gasteiger partial charge in [0, 0.05) is 41.2 Å². The summed E-state index contributed by atoms with van der Waals surface area (Å²) in [5, 5.41) is 0.954. The highest BCUT2D eigenvalue weighted by atomic mass is 16.5. The molecule has 1 amide bonds. The number of aryl methyl sites for hydroxylation is 1. The van der Waals surface area contributed by atoms with Crippen molar-refractivity contribution in [1.82, 2.24) is 4.90 Å². The van der Waals surface area contributed by atoms with Gasteiger partial charge in [-0.25, -0.2) is 0 Å². The van der Waals surface area contributed by atoms with Gasteiger partial charge in [-0.05, 0) is 56.0 Å². The van der Waals surface area contributed by atoms with Crippen LogP contribution in [0.3, 0.4) is 0 Å². The van der Waals surface area contributed by atoms with Gasteiger partial charge in [-0.3, -0.25) is 4.79 Å². The second-order valence-electron chi connectivity index (χ2n) is 8.75. The number of furan rings is 1. The first-order valence-electron chi connectivity index (χ1n) is 11.8. The van der Waals surface area contributed by atoms with Crippen LogP contribution < -0.4 is 14.2 Å². The van der Waals surface area contributed by atoms with Crippen LogP contribution in [0, 0.1) is 6.92 Å². The van der Waals surface area contributed by atoms with E-state index in [-0.39, 0.29) is 5.91 Å². The minimum absolute atomic E-state index is 0.0616. The van der Waals surface area contributed by atoms with Crippen molar-refractivity contribution in [2.45, 2.75) is 39.5 Å². The number of fused-ring (bicyclic) bond motifs is 1. The summed E-state index contributed by atoms with van der Waals surface area (Å²) in [5.74, 6) is 2.10. The molecule has 6 heteroatoms. The minimum Gasteiger partial charge on any atom is -0.496 e. The Bertz CT molecular complexity index is 1220. The SMILES string of the molecule is COc1ccc(-c2coc3c(C)c(OC)c(/C(C)=C/C(=O)N4CCCCCC4)cc23)cc1OC. The molecule has 0 spiro atoms. The van der Waals surface area contributed by atoms with Crippen molar-refractivity contribution < 1.29 is 23.4 Å².